The fraction of sp³-hybridized carbons (Fsp3) is 0.429. The van der Waals surface area contributed by atoms with Gasteiger partial charge in [0, 0.05) is 19.2 Å². The van der Waals surface area contributed by atoms with E-state index in [1.807, 2.05) is 18.2 Å². The first-order valence-corrected chi connectivity index (χ1v) is 6.08. The van der Waals surface area contributed by atoms with Crippen LogP contribution in [0.2, 0.25) is 0 Å². The lowest BCUT2D eigenvalue weighted by Gasteiger charge is -2.18. The summed E-state index contributed by atoms with van der Waals surface area (Å²) >= 11 is 0. The Labute approximate surface area is 113 Å². The molecular weight excluding hydrogens is 244 g/mol. The zero-order valence-electron chi connectivity index (χ0n) is 11.8. The Hall–Kier alpha value is -2.04. The van der Waals surface area contributed by atoms with Crippen molar-refractivity contribution in [2.45, 2.75) is 26.3 Å². The molecule has 5 heteroatoms. The highest BCUT2D eigenvalue weighted by Crippen LogP contribution is 2.25. The fourth-order valence-corrected chi connectivity index (χ4v) is 1.80. The van der Waals surface area contributed by atoms with Gasteiger partial charge in [0.05, 0.1) is 7.11 Å². The summed E-state index contributed by atoms with van der Waals surface area (Å²) in [4.78, 5) is 23.6. The summed E-state index contributed by atoms with van der Waals surface area (Å²) in [5.74, 6) is -0.603. The average Bonchev–Trinajstić information content (AvgIpc) is 2.37. The molecule has 0 atom stereocenters. The van der Waals surface area contributed by atoms with E-state index in [1.165, 1.54) is 11.9 Å². The maximum absolute atomic E-state index is 11.5. The summed E-state index contributed by atoms with van der Waals surface area (Å²) < 4.78 is 5.27. The molecule has 0 fully saturated rings. The molecule has 0 unspecified atom stereocenters. The van der Waals surface area contributed by atoms with Crippen molar-refractivity contribution < 1.29 is 14.3 Å². The minimum atomic E-state index is -0.957. The molecule has 0 aromatic heterocycles. The van der Waals surface area contributed by atoms with E-state index < -0.39 is 11.8 Å². The summed E-state index contributed by atoms with van der Waals surface area (Å²) in [6, 6.07) is 5.84. The van der Waals surface area contributed by atoms with Crippen LogP contribution in [0.3, 0.4) is 0 Å². The van der Waals surface area contributed by atoms with Crippen LogP contribution in [0.5, 0.6) is 5.75 Å². The highest BCUT2D eigenvalue weighted by atomic mass is 16.5. The van der Waals surface area contributed by atoms with E-state index in [4.69, 9.17) is 10.5 Å². The Morgan fingerprint density at radius 1 is 1.37 bits per heavy atom. The van der Waals surface area contributed by atoms with Crippen molar-refractivity contribution in [2.24, 2.45) is 5.73 Å². The molecule has 0 heterocycles. The quantitative estimate of drug-likeness (QED) is 0.832. The first-order valence-electron chi connectivity index (χ1n) is 6.08. The number of rotatable bonds is 4. The number of carbonyl (C=O) groups is 2. The highest BCUT2D eigenvalue weighted by Gasteiger charge is 2.17. The first-order chi connectivity index (χ1) is 8.86. The summed E-state index contributed by atoms with van der Waals surface area (Å²) in [5.41, 5.74) is 6.98. The molecule has 19 heavy (non-hydrogen) atoms. The number of likely N-dealkylation sites (N-methyl/N-ethyl adjacent to an activating group) is 1. The molecule has 1 aromatic rings. The third kappa shape index (κ3) is 3.71. The molecule has 1 rings (SSSR count). The van der Waals surface area contributed by atoms with Gasteiger partial charge in [-0.3, -0.25) is 9.59 Å². The molecule has 0 aliphatic rings. The van der Waals surface area contributed by atoms with Crippen molar-refractivity contribution >= 4 is 11.8 Å². The van der Waals surface area contributed by atoms with Gasteiger partial charge in [0.25, 0.3) is 0 Å². The normalized spacial score (nSPS) is 10.4. The van der Waals surface area contributed by atoms with Gasteiger partial charge in [-0.2, -0.15) is 0 Å². The lowest BCUT2D eigenvalue weighted by atomic mass is 10.00. The number of primary amides is 1. The van der Waals surface area contributed by atoms with Crippen LogP contribution < -0.4 is 10.5 Å². The van der Waals surface area contributed by atoms with Crippen molar-refractivity contribution in [3.63, 3.8) is 0 Å². The number of hydrogen-bond donors (Lipinski definition) is 1. The van der Waals surface area contributed by atoms with Gasteiger partial charge in [-0.15, -0.1) is 0 Å². The third-order valence-electron chi connectivity index (χ3n) is 2.94. The molecule has 2 amide bonds. The standard InChI is InChI=1S/C14H20N2O3/c1-9(2)10-5-6-12(19-4)11(7-10)8-16(3)14(18)13(15)17/h5-7,9H,8H2,1-4H3,(H2,15,17). The van der Waals surface area contributed by atoms with Gasteiger partial charge in [-0.05, 0) is 17.5 Å². The van der Waals surface area contributed by atoms with E-state index in [-0.39, 0.29) is 6.54 Å². The van der Waals surface area contributed by atoms with E-state index in [9.17, 15) is 9.59 Å². The zero-order valence-corrected chi connectivity index (χ0v) is 11.8. The van der Waals surface area contributed by atoms with E-state index in [0.29, 0.717) is 11.7 Å². The van der Waals surface area contributed by atoms with Crippen LogP contribution >= 0.6 is 0 Å². The molecule has 1 aromatic carbocycles. The Bertz CT molecular complexity index is 484. The maximum atomic E-state index is 11.5. The second-order valence-corrected chi connectivity index (χ2v) is 4.75. The fourth-order valence-electron chi connectivity index (χ4n) is 1.80. The smallest absolute Gasteiger partial charge is 0.311 e. The van der Waals surface area contributed by atoms with Gasteiger partial charge in [-0.1, -0.05) is 26.0 Å². The minimum absolute atomic E-state index is 0.283. The van der Waals surface area contributed by atoms with Gasteiger partial charge >= 0.3 is 11.8 Å². The molecule has 2 N–H and O–H groups in total. The van der Waals surface area contributed by atoms with Crippen LogP contribution in [0.1, 0.15) is 30.9 Å². The predicted molar refractivity (Wildman–Crippen MR) is 72.8 cm³/mol. The Morgan fingerprint density at radius 2 is 2.00 bits per heavy atom. The summed E-state index contributed by atoms with van der Waals surface area (Å²) in [6.07, 6.45) is 0. The maximum Gasteiger partial charge on any atom is 0.311 e. The van der Waals surface area contributed by atoms with Crippen molar-refractivity contribution in [3.8, 4) is 5.75 Å². The highest BCUT2D eigenvalue weighted by molar-refractivity contribution is 6.34. The van der Waals surface area contributed by atoms with Crippen molar-refractivity contribution in [3.05, 3.63) is 29.3 Å². The number of benzene rings is 1. The summed E-state index contributed by atoms with van der Waals surface area (Å²) in [7, 11) is 3.11. The van der Waals surface area contributed by atoms with Gasteiger partial charge in [0.1, 0.15) is 5.75 Å². The first kappa shape index (κ1) is 15.0. The van der Waals surface area contributed by atoms with Gasteiger partial charge < -0.3 is 15.4 Å². The number of amides is 2. The van der Waals surface area contributed by atoms with E-state index in [1.54, 1.807) is 7.11 Å². The number of carbonyl (C=O) groups excluding carboxylic acids is 2. The van der Waals surface area contributed by atoms with Crippen molar-refractivity contribution in [1.29, 1.82) is 0 Å². The minimum Gasteiger partial charge on any atom is -0.496 e. The number of methoxy groups -OCH3 is 1. The second kappa shape index (κ2) is 6.22. The predicted octanol–water partition coefficient (Wildman–Crippen LogP) is 1.26. The molecule has 5 nitrogen and oxygen atoms in total. The molecule has 0 radical (unpaired) electrons. The summed E-state index contributed by atoms with van der Waals surface area (Å²) in [6.45, 7) is 4.46. The lowest BCUT2D eigenvalue weighted by molar-refractivity contribution is -0.143. The van der Waals surface area contributed by atoms with Crippen molar-refractivity contribution in [1.82, 2.24) is 4.90 Å². The average molecular weight is 264 g/mol. The van der Waals surface area contributed by atoms with E-state index in [2.05, 4.69) is 13.8 Å². The Balaban J connectivity index is 3.01. The van der Waals surface area contributed by atoms with Crippen LogP contribution in [0.25, 0.3) is 0 Å². The van der Waals surface area contributed by atoms with E-state index in [0.717, 1.165) is 11.1 Å². The molecule has 104 valence electrons. The molecular formula is C14H20N2O3. The Morgan fingerprint density at radius 3 is 2.47 bits per heavy atom. The van der Waals surface area contributed by atoms with Gasteiger partial charge in [0.2, 0.25) is 0 Å². The van der Waals surface area contributed by atoms with E-state index >= 15 is 0 Å². The lowest BCUT2D eigenvalue weighted by Crippen LogP contribution is -2.37. The molecule has 0 saturated heterocycles. The molecule has 0 saturated carbocycles. The topological polar surface area (TPSA) is 72.6 Å². The van der Waals surface area contributed by atoms with Crippen LogP contribution in [0, 0.1) is 0 Å². The summed E-state index contributed by atoms with van der Waals surface area (Å²) in [5, 5.41) is 0. The molecule has 0 aliphatic heterocycles. The molecule has 0 spiro atoms. The second-order valence-electron chi connectivity index (χ2n) is 4.75. The monoisotopic (exact) mass is 264 g/mol. The third-order valence-corrected chi connectivity index (χ3v) is 2.94. The van der Waals surface area contributed by atoms with Crippen LogP contribution in [0.4, 0.5) is 0 Å². The van der Waals surface area contributed by atoms with Crippen LogP contribution in [-0.4, -0.2) is 30.9 Å². The molecule has 0 aliphatic carbocycles. The Kier molecular flexibility index (Phi) is 4.92. The number of nitrogens with zero attached hydrogens (tertiary/aromatic N) is 1. The number of hydrogen-bond acceptors (Lipinski definition) is 3. The molecule has 0 bridgehead atoms. The SMILES string of the molecule is COc1ccc(C(C)C)cc1CN(C)C(=O)C(N)=O. The van der Waals surface area contributed by atoms with Crippen molar-refractivity contribution in [2.75, 3.05) is 14.2 Å². The van der Waals surface area contributed by atoms with Gasteiger partial charge in [-0.25, -0.2) is 0 Å². The van der Waals surface area contributed by atoms with Gasteiger partial charge in [0.15, 0.2) is 0 Å². The zero-order chi connectivity index (χ0) is 14.6. The van der Waals surface area contributed by atoms with Crippen LogP contribution in [-0.2, 0) is 16.1 Å². The largest absolute Gasteiger partial charge is 0.496 e. The number of nitrogens with two attached hydrogens (primary N) is 1. The van der Waals surface area contributed by atoms with Crippen LogP contribution in [0.15, 0.2) is 18.2 Å². The number of ether oxygens (including phenoxy) is 1.